The number of hydrogen-bond acceptors (Lipinski definition) is 6. The van der Waals surface area contributed by atoms with Crippen molar-refractivity contribution < 1.29 is 0 Å². The summed E-state index contributed by atoms with van der Waals surface area (Å²) in [5, 5.41) is 13.7. The summed E-state index contributed by atoms with van der Waals surface area (Å²) >= 11 is 0. The topological polar surface area (TPSA) is 71.6 Å². The number of rotatable bonds is 10. The van der Waals surface area contributed by atoms with Crippen LogP contribution in [0.5, 0.6) is 0 Å². The van der Waals surface area contributed by atoms with E-state index < -0.39 is 0 Å². The summed E-state index contributed by atoms with van der Waals surface area (Å²) in [4.78, 5) is 12.3. The molecule has 0 atom stereocenters. The molecule has 3 aromatic rings. The van der Waals surface area contributed by atoms with Crippen LogP contribution in [0.2, 0.25) is 0 Å². The number of benzene rings is 1. The minimum absolute atomic E-state index is 0.685. The number of fused-ring (bicyclic) bond motifs is 1. The Morgan fingerprint density at radius 2 is 1.65 bits per heavy atom. The molecule has 0 spiro atoms. The molecular weight excluding hydrogens is 422 g/mol. The molecule has 0 N–H and O–H groups in total. The third-order valence-electron chi connectivity index (χ3n) is 6.12. The number of aryl methyl sites for hydroxylation is 2. The Morgan fingerprint density at radius 3 is 2.29 bits per heavy atom. The molecule has 0 unspecified atom stereocenters. The molecule has 178 valence electrons. The zero-order valence-electron chi connectivity index (χ0n) is 21.0. The SMILES string of the molecule is CCCCN(CCCC)c1ccc(/N=C2\C(CC)=Nn3c2nnc3-c2cccc(C)c2)c(C)n1. The van der Waals surface area contributed by atoms with Crippen LogP contribution in [-0.2, 0) is 0 Å². The first-order chi connectivity index (χ1) is 16.5. The van der Waals surface area contributed by atoms with Gasteiger partial charge in [0.05, 0.1) is 17.1 Å². The smallest absolute Gasteiger partial charge is 0.205 e. The predicted octanol–water partition coefficient (Wildman–Crippen LogP) is 6.11. The molecule has 3 heterocycles. The molecule has 0 aliphatic carbocycles. The van der Waals surface area contributed by atoms with Crippen molar-refractivity contribution in [1.82, 2.24) is 19.9 Å². The van der Waals surface area contributed by atoms with Crippen molar-refractivity contribution in [2.75, 3.05) is 18.0 Å². The lowest BCUT2D eigenvalue weighted by Crippen LogP contribution is -2.26. The van der Waals surface area contributed by atoms with Crippen LogP contribution in [0, 0.1) is 13.8 Å². The van der Waals surface area contributed by atoms with Gasteiger partial charge in [-0.25, -0.2) is 9.98 Å². The van der Waals surface area contributed by atoms with Gasteiger partial charge in [-0.05, 0) is 51.3 Å². The van der Waals surface area contributed by atoms with Gasteiger partial charge in [0.15, 0.2) is 5.82 Å². The number of anilines is 1. The first kappa shape index (κ1) is 23.8. The maximum Gasteiger partial charge on any atom is 0.205 e. The number of aromatic nitrogens is 4. The molecule has 0 amide bonds. The minimum atomic E-state index is 0.685. The Bertz CT molecular complexity index is 1200. The standard InChI is InChI=1S/C27H35N7/c1-6-9-16-33(17-10-7-2)24-15-14-23(20(5)28-24)29-25-22(8-3)32-34-26(30-31-27(25)34)21-13-11-12-19(4)18-21/h11-15,18H,6-10,16-17H2,1-5H3/b29-25+. The average Bonchev–Trinajstić information content (AvgIpc) is 3.40. The first-order valence-corrected chi connectivity index (χ1v) is 12.5. The molecule has 1 aliphatic heterocycles. The van der Waals surface area contributed by atoms with Crippen LogP contribution >= 0.6 is 0 Å². The fourth-order valence-electron chi connectivity index (χ4n) is 4.13. The third kappa shape index (κ3) is 4.93. The Labute approximate surface area is 202 Å². The normalized spacial score (nSPS) is 13.9. The molecule has 1 aromatic carbocycles. The summed E-state index contributed by atoms with van der Waals surface area (Å²) in [7, 11) is 0. The van der Waals surface area contributed by atoms with E-state index in [4.69, 9.17) is 15.1 Å². The Balaban J connectivity index is 1.67. The second kappa shape index (κ2) is 10.7. The fraction of sp³-hybridized carbons (Fsp3) is 0.444. The lowest BCUT2D eigenvalue weighted by Gasteiger charge is -2.24. The van der Waals surface area contributed by atoms with Gasteiger partial charge in [0.2, 0.25) is 5.82 Å². The number of unbranched alkanes of at least 4 members (excludes halogenated alkanes) is 2. The van der Waals surface area contributed by atoms with Gasteiger partial charge in [-0.15, -0.1) is 10.2 Å². The Kier molecular flexibility index (Phi) is 7.50. The van der Waals surface area contributed by atoms with Crippen molar-refractivity contribution >= 4 is 22.9 Å². The van der Waals surface area contributed by atoms with E-state index in [0.29, 0.717) is 5.82 Å². The fourth-order valence-corrected chi connectivity index (χ4v) is 4.13. The minimum Gasteiger partial charge on any atom is -0.357 e. The molecule has 0 bridgehead atoms. The van der Waals surface area contributed by atoms with Crippen molar-refractivity contribution in [3.63, 3.8) is 0 Å². The summed E-state index contributed by atoms with van der Waals surface area (Å²) in [5.74, 6) is 2.45. The van der Waals surface area contributed by atoms with Gasteiger partial charge in [0, 0.05) is 18.7 Å². The highest BCUT2D eigenvalue weighted by molar-refractivity contribution is 6.49. The van der Waals surface area contributed by atoms with Crippen molar-refractivity contribution in [2.45, 2.75) is 66.7 Å². The first-order valence-electron chi connectivity index (χ1n) is 12.5. The van der Waals surface area contributed by atoms with Crippen LogP contribution in [0.4, 0.5) is 11.5 Å². The molecular formula is C27H35N7. The number of pyridine rings is 1. The van der Waals surface area contributed by atoms with E-state index in [1.54, 1.807) is 0 Å². The van der Waals surface area contributed by atoms with Gasteiger partial charge in [-0.1, -0.05) is 57.4 Å². The van der Waals surface area contributed by atoms with Gasteiger partial charge >= 0.3 is 0 Å². The molecule has 0 fully saturated rings. The third-order valence-corrected chi connectivity index (χ3v) is 6.12. The van der Waals surface area contributed by atoms with Crippen LogP contribution in [0.15, 0.2) is 46.5 Å². The van der Waals surface area contributed by atoms with E-state index in [-0.39, 0.29) is 0 Å². The molecule has 0 radical (unpaired) electrons. The van der Waals surface area contributed by atoms with Crippen LogP contribution < -0.4 is 4.90 Å². The van der Waals surface area contributed by atoms with Crippen LogP contribution in [-0.4, -0.2) is 44.4 Å². The average molecular weight is 458 g/mol. The summed E-state index contributed by atoms with van der Waals surface area (Å²) < 4.78 is 1.82. The van der Waals surface area contributed by atoms with Gasteiger partial charge in [0.25, 0.3) is 0 Å². The Morgan fingerprint density at radius 1 is 0.912 bits per heavy atom. The van der Waals surface area contributed by atoms with Crippen molar-refractivity contribution in [3.8, 4) is 11.4 Å². The van der Waals surface area contributed by atoms with Crippen LogP contribution in [0.3, 0.4) is 0 Å². The highest BCUT2D eigenvalue weighted by atomic mass is 15.5. The summed E-state index contributed by atoms with van der Waals surface area (Å²) in [6.45, 7) is 12.7. The summed E-state index contributed by atoms with van der Waals surface area (Å²) in [5.41, 5.74) is 5.63. The number of hydrogen-bond donors (Lipinski definition) is 0. The predicted molar refractivity (Wildman–Crippen MR) is 141 cm³/mol. The molecule has 2 aromatic heterocycles. The molecule has 0 saturated carbocycles. The van der Waals surface area contributed by atoms with Gasteiger partial charge in [0.1, 0.15) is 11.5 Å². The molecule has 1 aliphatic rings. The second-order valence-corrected chi connectivity index (χ2v) is 8.86. The van der Waals surface area contributed by atoms with Crippen molar-refractivity contribution in [3.05, 3.63) is 53.5 Å². The zero-order chi connectivity index (χ0) is 24.1. The van der Waals surface area contributed by atoms with Crippen molar-refractivity contribution in [2.24, 2.45) is 10.1 Å². The summed E-state index contributed by atoms with van der Waals surface area (Å²) in [6, 6.07) is 12.4. The zero-order valence-corrected chi connectivity index (χ0v) is 21.0. The molecule has 0 saturated heterocycles. The quantitative estimate of drug-likeness (QED) is 0.368. The van der Waals surface area contributed by atoms with E-state index in [1.165, 1.54) is 31.2 Å². The maximum absolute atomic E-state index is 4.98. The number of nitrogens with zero attached hydrogens (tertiary/aromatic N) is 7. The van der Waals surface area contributed by atoms with Crippen molar-refractivity contribution in [1.29, 1.82) is 0 Å². The van der Waals surface area contributed by atoms with Crippen LogP contribution in [0.1, 0.15) is 70.0 Å². The van der Waals surface area contributed by atoms with Crippen LogP contribution in [0.25, 0.3) is 11.4 Å². The highest BCUT2D eigenvalue weighted by Crippen LogP contribution is 2.27. The molecule has 7 nitrogen and oxygen atoms in total. The van der Waals surface area contributed by atoms with E-state index >= 15 is 0 Å². The van der Waals surface area contributed by atoms with Gasteiger partial charge in [-0.3, -0.25) is 0 Å². The largest absolute Gasteiger partial charge is 0.357 e. The van der Waals surface area contributed by atoms with E-state index in [2.05, 4.69) is 67.1 Å². The van der Waals surface area contributed by atoms with Gasteiger partial charge < -0.3 is 4.90 Å². The monoisotopic (exact) mass is 457 g/mol. The van der Waals surface area contributed by atoms with Gasteiger partial charge in [-0.2, -0.15) is 9.78 Å². The lowest BCUT2D eigenvalue weighted by atomic mass is 10.1. The van der Waals surface area contributed by atoms with E-state index in [9.17, 15) is 0 Å². The number of aliphatic imine (C=N–C) groups is 1. The molecule has 7 heteroatoms. The Hall–Kier alpha value is -3.35. The van der Waals surface area contributed by atoms with E-state index in [0.717, 1.165) is 59.5 Å². The highest BCUT2D eigenvalue weighted by Gasteiger charge is 2.28. The second-order valence-electron chi connectivity index (χ2n) is 8.86. The van der Waals surface area contributed by atoms with E-state index in [1.807, 2.05) is 23.7 Å². The molecule has 34 heavy (non-hydrogen) atoms. The molecule has 4 rings (SSSR count). The summed E-state index contributed by atoms with van der Waals surface area (Å²) in [6.07, 6.45) is 5.46. The lowest BCUT2D eigenvalue weighted by molar-refractivity contribution is 0.670. The maximum atomic E-state index is 4.98.